The second-order valence-electron chi connectivity index (χ2n) is 5.50. The number of hydrogen-bond donors (Lipinski definition) is 0. The molecular formula is C16H23BrN2O2. The first-order valence-electron chi connectivity index (χ1n) is 7.62. The maximum Gasteiger partial charge on any atom is 0.358 e. The molecule has 0 unspecified atom stereocenters. The summed E-state index contributed by atoms with van der Waals surface area (Å²) in [5, 5.41) is 0. The number of carbonyl (C=O) groups is 1. The van der Waals surface area contributed by atoms with Crippen molar-refractivity contribution in [1.82, 2.24) is 4.98 Å². The molecule has 1 spiro atoms. The monoisotopic (exact) mass is 354 g/mol. The van der Waals surface area contributed by atoms with Crippen molar-refractivity contribution in [3.63, 3.8) is 0 Å². The number of rotatable bonds is 2. The molecule has 4 nitrogen and oxygen atoms in total. The third kappa shape index (κ3) is 3.57. The Balaban J connectivity index is 0.000000774. The number of esters is 1. The van der Waals surface area contributed by atoms with E-state index in [2.05, 4.69) is 25.8 Å². The summed E-state index contributed by atoms with van der Waals surface area (Å²) in [6, 6.07) is 1.96. The predicted octanol–water partition coefficient (Wildman–Crippen LogP) is 4.04. The summed E-state index contributed by atoms with van der Waals surface area (Å²) in [6.07, 6.45) is 6.84. The lowest BCUT2D eigenvalue weighted by molar-refractivity contribution is 0.0594. The van der Waals surface area contributed by atoms with Crippen molar-refractivity contribution in [3.05, 3.63) is 22.4 Å². The van der Waals surface area contributed by atoms with Gasteiger partial charge in [-0.05, 0) is 53.1 Å². The van der Waals surface area contributed by atoms with Gasteiger partial charge in [-0.1, -0.05) is 13.8 Å². The molecule has 0 aromatic carbocycles. The van der Waals surface area contributed by atoms with Gasteiger partial charge in [-0.25, -0.2) is 9.78 Å². The van der Waals surface area contributed by atoms with Crippen LogP contribution in [0.5, 0.6) is 0 Å². The number of aromatic nitrogens is 1. The number of carbonyl (C=O) groups excluding carboxylic acids is 1. The fraction of sp³-hybridized carbons (Fsp3) is 0.625. The average Bonchev–Trinajstić information content (AvgIpc) is 3.28. The van der Waals surface area contributed by atoms with Crippen molar-refractivity contribution in [2.75, 3.05) is 25.1 Å². The van der Waals surface area contributed by atoms with Crippen molar-refractivity contribution in [3.8, 4) is 0 Å². The number of anilines is 1. The zero-order valence-corrected chi connectivity index (χ0v) is 14.6. The van der Waals surface area contributed by atoms with Crippen LogP contribution in [-0.2, 0) is 4.74 Å². The standard InChI is InChI=1S/C14H17BrN2O2.C2H6/c1-19-13(18)12-11(8-10(15)9-16-12)17-6-4-14(2-3-14)5-7-17;1-2/h8-9H,2-7H2,1H3;1-2H3. The fourth-order valence-electron chi connectivity index (χ4n) is 2.82. The number of nitrogens with zero attached hydrogens (tertiary/aromatic N) is 2. The molecule has 0 atom stereocenters. The van der Waals surface area contributed by atoms with E-state index in [0.717, 1.165) is 23.2 Å². The second-order valence-corrected chi connectivity index (χ2v) is 6.42. The van der Waals surface area contributed by atoms with Crippen LogP contribution >= 0.6 is 15.9 Å². The molecule has 0 radical (unpaired) electrons. The van der Waals surface area contributed by atoms with Gasteiger partial charge < -0.3 is 9.64 Å². The van der Waals surface area contributed by atoms with Crippen LogP contribution < -0.4 is 4.90 Å². The van der Waals surface area contributed by atoms with Crippen LogP contribution in [0.3, 0.4) is 0 Å². The van der Waals surface area contributed by atoms with Crippen LogP contribution in [0, 0.1) is 5.41 Å². The highest BCUT2D eigenvalue weighted by molar-refractivity contribution is 9.10. The van der Waals surface area contributed by atoms with Crippen LogP contribution in [0.2, 0.25) is 0 Å². The Morgan fingerprint density at radius 2 is 1.90 bits per heavy atom. The van der Waals surface area contributed by atoms with Crippen molar-refractivity contribution in [2.45, 2.75) is 39.5 Å². The molecule has 0 amide bonds. The lowest BCUT2D eigenvalue weighted by atomic mass is 9.93. The number of pyridine rings is 1. The summed E-state index contributed by atoms with van der Waals surface area (Å²) in [5.74, 6) is -0.366. The SMILES string of the molecule is CC.COC(=O)c1ncc(Br)cc1N1CCC2(CC1)CC2. The summed E-state index contributed by atoms with van der Waals surface area (Å²) >= 11 is 3.43. The highest BCUT2D eigenvalue weighted by atomic mass is 79.9. The van der Waals surface area contributed by atoms with E-state index < -0.39 is 0 Å². The van der Waals surface area contributed by atoms with Crippen LogP contribution in [0.25, 0.3) is 0 Å². The summed E-state index contributed by atoms with van der Waals surface area (Å²) < 4.78 is 5.71. The van der Waals surface area contributed by atoms with Gasteiger partial charge in [0.25, 0.3) is 0 Å². The molecule has 21 heavy (non-hydrogen) atoms. The number of halogens is 1. The topological polar surface area (TPSA) is 42.4 Å². The minimum Gasteiger partial charge on any atom is -0.464 e. The number of piperidine rings is 1. The molecule has 2 fully saturated rings. The van der Waals surface area contributed by atoms with Gasteiger partial charge in [-0.15, -0.1) is 0 Å². The third-order valence-corrected chi connectivity index (χ3v) is 4.77. The van der Waals surface area contributed by atoms with Gasteiger partial charge in [0.05, 0.1) is 12.8 Å². The molecule has 1 saturated carbocycles. The molecule has 116 valence electrons. The predicted molar refractivity (Wildman–Crippen MR) is 87.7 cm³/mol. The molecule has 1 aliphatic carbocycles. The lowest BCUT2D eigenvalue weighted by Crippen LogP contribution is -2.35. The molecule has 2 aliphatic rings. The average molecular weight is 355 g/mol. The van der Waals surface area contributed by atoms with Crippen LogP contribution in [0.1, 0.15) is 50.0 Å². The van der Waals surface area contributed by atoms with Gasteiger partial charge in [0.2, 0.25) is 0 Å². The van der Waals surface area contributed by atoms with E-state index in [1.165, 1.54) is 32.8 Å². The fourth-order valence-corrected chi connectivity index (χ4v) is 3.14. The Bertz CT molecular complexity index is 505. The molecule has 1 aromatic rings. The maximum absolute atomic E-state index is 11.8. The summed E-state index contributed by atoms with van der Waals surface area (Å²) in [4.78, 5) is 18.3. The minimum atomic E-state index is -0.366. The molecule has 5 heteroatoms. The second kappa shape index (κ2) is 6.77. The molecule has 1 aliphatic heterocycles. The Hall–Kier alpha value is -1.10. The first kappa shape index (κ1) is 16.3. The van der Waals surface area contributed by atoms with Crippen molar-refractivity contribution < 1.29 is 9.53 Å². The van der Waals surface area contributed by atoms with Crippen molar-refractivity contribution >= 4 is 27.6 Å². The van der Waals surface area contributed by atoms with E-state index in [1.54, 1.807) is 6.20 Å². The van der Waals surface area contributed by atoms with Crippen LogP contribution in [-0.4, -0.2) is 31.2 Å². The molecule has 1 saturated heterocycles. The number of ether oxygens (including phenoxy) is 1. The zero-order chi connectivity index (χ0) is 15.5. The van der Waals surface area contributed by atoms with Crippen LogP contribution in [0.4, 0.5) is 5.69 Å². The first-order valence-corrected chi connectivity index (χ1v) is 8.42. The Morgan fingerprint density at radius 1 is 1.29 bits per heavy atom. The first-order chi connectivity index (χ1) is 10.1. The normalized spacial score (nSPS) is 18.8. The van der Waals surface area contributed by atoms with E-state index in [-0.39, 0.29) is 5.97 Å². The van der Waals surface area contributed by atoms with Gasteiger partial charge in [-0.2, -0.15) is 0 Å². The van der Waals surface area contributed by atoms with Gasteiger partial charge in [0.1, 0.15) is 0 Å². The molecule has 2 heterocycles. The summed E-state index contributed by atoms with van der Waals surface area (Å²) in [5.41, 5.74) is 1.93. The Morgan fingerprint density at radius 3 is 2.43 bits per heavy atom. The Labute approximate surface area is 135 Å². The van der Waals surface area contributed by atoms with E-state index >= 15 is 0 Å². The Kier molecular flexibility index (Phi) is 5.25. The van der Waals surface area contributed by atoms with E-state index in [4.69, 9.17) is 4.74 Å². The lowest BCUT2D eigenvalue weighted by Gasteiger charge is -2.34. The van der Waals surface area contributed by atoms with Gasteiger partial charge >= 0.3 is 5.97 Å². The zero-order valence-electron chi connectivity index (χ0n) is 13.0. The molecule has 0 bridgehead atoms. The number of methoxy groups -OCH3 is 1. The summed E-state index contributed by atoms with van der Waals surface area (Å²) in [6.45, 7) is 6.00. The van der Waals surface area contributed by atoms with E-state index in [9.17, 15) is 4.79 Å². The third-order valence-electron chi connectivity index (χ3n) is 4.33. The van der Waals surface area contributed by atoms with Crippen LogP contribution in [0.15, 0.2) is 16.7 Å². The van der Waals surface area contributed by atoms with E-state index in [1.807, 2.05) is 19.9 Å². The quantitative estimate of drug-likeness (QED) is 0.751. The van der Waals surface area contributed by atoms with Crippen molar-refractivity contribution in [2.24, 2.45) is 5.41 Å². The smallest absolute Gasteiger partial charge is 0.358 e. The molecule has 0 N–H and O–H groups in total. The molecule has 1 aromatic heterocycles. The largest absolute Gasteiger partial charge is 0.464 e. The highest BCUT2D eigenvalue weighted by Gasteiger charge is 2.44. The van der Waals surface area contributed by atoms with E-state index in [0.29, 0.717) is 11.1 Å². The highest BCUT2D eigenvalue weighted by Crippen LogP contribution is 2.54. The van der Waals surface area contributed by atoms with Crippen molar-refractivity contribution in [1.29, 1.82) is 0 Å². The number of hydrogen-bond acceptors (Lipinski definition) is 4. The van der Waals surface area contributed by atoms with Gasteiger partial charge in [0.15, 0.2) is 5.69 Å². The maximum atomic E-state index is 11.8. The summed E-state index contributed by atoms with van der Waals surface area (Å²) in [7, 11) is 1.39. The van der Waals surface area contributed by atoms with Gasteiger partial charge in [0, 0.05) is 23.8 Å². The minimum absolute atomic E-state index is 0.366. The molecule has 3 rings (SSSR count). The van der Waals surface area contributed by atoms with Gasteiger partial charge in [-0.3, -0.25) is 0 Å². The molecular weight excluding hydrogens is 332 g/mol.